The number of hydrogen-bond acceptors (Lipinski definition) is 4. The summed E-state index contributed by atoms with van der Waals surface area (Å²) in [6.07, 6.45) is 5.98. The molecule has 5 nitrogen and oxygen atoms in total. The average Bonchev–Trinajstić information content (AvgIpc) is 2.83. The van der Waals surface area contributed by atoms with Gasteiger partial charge in [0.2, 0.25) is 0 Å². The topological polar surface area (TPSA) is 52.0 Å². The Morgan fingerprint density at radius 2 is 2.29 bits per heavy atom. The van der Waals surface area contributed by atoms with Gasteiger partial charge < -0.3 is 10.1 Å². The summed E-state index contributed by atoms with van der Waals surface area (Å²) in [5.74, 6) is 1.53. The van der Waals surface area contributed by atoms with Crippen molar-refractivity contribution in [3.05, 3.63) is 11.9 Å². The summed E-state index contributed by atoms with van der Waals surface area (Å²) in [6, 6.07) is 0. The van der Waals surface area contributed by atoms with Crippen molar-refractivity contribution in [2.45, 2.75) is 32.4 Å². The Balaban J connectivity index is 1.43. The predicted octanol–water partition coefficient (Wildman–Crippen LogP) is 0.814. The molecular formula is C12H20N4O. The van der Waals surface area contributed by atoms with Gasteiger partial charge in [-0.3, -0.25) is 4.68 Å². The SMILES string of the molecule is c1c(CNCC2CC2)nnn1C[C@H]1CCOC1. The molecular weight excluding hydrogens is 216 g/mol. The van der Waals surface area contributed by atoms with Crippen LogP contribution in [-0.2, 0) is 17.8 Å². The van der Waals surface area contributed by atoms with Crippen LogP contribution in [0, 0.1) is 11.8 Å². The number of ether oxygens (including phenoxy) is 1. The van der Waals surface area contributed by atoms with E-state index in [0.29, 0.717) is 5.92 Å². The number of aromatic nitrogens is 3. The molecule has 1 aliphatic heterocycles. The van der Waals surface area contributed by atoms with Gasteiger partial charge in [-0.05, 0) is 31.7 Å². The van der Waals surface area contributed by atoms with Crippen LogP contribution in [0.1, 0.15) is 25.0 Å². The lowest BCUT2D eigenvalue weighted by Gasteiger charge is -2.05. The van der Waals surface area contributed by atoms with Gasteiger partial charge in [0.25, 0.3) is 0 Å². The number of rotatable bonds is 6. The second kappa shape index (κ2) is 5.14. The fraction of sp³-hybridized carbons (Fsp3) is 0.833. The van der Waals surface area contributed by atoms with Crippen LogP contribution in [-0.4, -0.2) is 34.8 Å². The van der Waals surface area contributed by atoms with E-state index in [0.717, 1.165) is 50.9 Å². The average molecular weight is 236 g/mol. The maximum atomic E-state index is 5.36. The number of nitrogens with one attached hydrogen (secondary N) is 1. The van der Waals surface area contributed by atoms with Gasteiger partial charge in [-0.15, -0.1) is 5.10 Å². The Kier molecular flexibility index (Phi) is 3.38. The van der Waals surface area contributed by atoms with E-state index in [1.165, 1.54) is 12.8 Å². The van der Waals surface area contributed by atoms with Crippen molar-refractivity contribution in [3.8, 4) is 0 Å². The minimum atomic E-state index is 0.615. The third-order valence-electron chi connectivity index (χ3n) is 3.49. The Morgan fingerprint density at radius 1 is 1.35 bits per heavy atom. The fourth-order valence-electron chi connectivity index (χ4n) is 2.23. The van der Waals surface area contributed by atoms with Gasteiger partial charge in [0.15, 0.2) is 0 Å². The molecule has 94 valence electrons. The van der Waals surface area contributed by atoms with E-state index in [2.05, 4.69) is 21.8 Å². The van der Waals surface area contributed by atoms with Gasteiger partial charge in [0.05, 0.1) is 12.3 Å². The van der Waals surface area contributed by atoms with Crippen molar-refractivity contribution in [2.24, 2.45) is 11.8 Å². The largest absolute Gasteiger partial charge is 0.381 e. The molecule has 5 heteroatoms. The van der Waals surface area contributed by atoms with Crippen LogP contribution >= 0.6 is 0 Å². The maximum absolute atomic E-state index is 5.36. The first-order chi connectivity index (χ1) is 8.40. The van der Waals surface area contributed by atoms with E-state index in [1.807, 2.05) is 4.68 Å². The van der Waals surface area contributed by atoms with E-state index in [1.54, 1.807) is 0 Å². The summed E-state index contributed by atoms with van der Waals surface area (Å²) in [4.78, 5) is 0. The highest BCUT2D eigenvalue weighted by molar-refractivity contribution is 4.92. The third kappa shape index (κ3) is 3.26. The third-order valence-corrected chi connectivity index (χ3v) is 3.49. The van der Waals surface area contributed by atoms with Gasteiger partial charge in [-0.1, -0.05) is 5.21 Å². The van der Waals surface area contributed by atoms with Gasteiger partial charge in [-0.2, -0.15) is 0 Å². The minimum Gasteiger partial charge on any atom is -0.381 e. The molecule has 1 saturated heterocycles. The highest BCUT2D eigenvalue weighted by Gasteiger charge is 2.20. The molecule has 3 rings (SSSR count). The van der Waals surface area contributed by atoms with E-state index in [4.69, 9.17) is 4.74 Å². The van der Waals surface area contributed by atoms with Crippen LogP contribution in [0.15, 0.2) is 6.20 Å². The predicted molar refractivity (Wildman–Crippen MR) is 63.4 cm³/mol. The summed E-state index contributed by atoms with van der Waals surface area (Å²) >= 11 is 0. The molecule has 1 atom stereocenters. The van der Waals surface area contributed by atoms with Crippen LogP contribution in [0.25, 0.3) is 0 Å². The smallest absolute Gasteiger partial charge is 0.0964 e. The Morgan fingerprint density at radius 3 is 3.06 bits per heavy atom. The first-order valence-corrected chi connectivity index (χ1v) is 6.57. The molecule has 1 saturated carbocycles. The quantitative estimate of drug-likeness (QED) is 0.794. The van der Waals surface area contributed by atoms with Gasteiger partial charge in [0.1, 0.15) is 0 Å². The van der Waals surface area contributed by atoms with E-state index in [-0.39, 0.29) is 0 Å². The second-order valence-electron chi connectivity index (χ2n) is 5.24. The normalized spacial score (nSPS) is 24.4. The lowest BCUT2D eigenvalue weighted by Crippen LogP contribution is -2.16. The van der Waals surface area contributed by atoms with Gasteiger partial charge in [0, 0.05) is 31.8 Å². The fourth-order valence-corrected chi connectivity index (χ4v) is 2.23. The van der Waals surface area contributed by atoms with Gasteiger partial charge in [-0.25, -0.2) is 0 Å². The number of hydrogen-bond donors (Lipinski definition) is 1. The van der Waals surface area contributed by atoms with Crippen LogP contribution in [0.5, 0.6) is 0 Å². The Bertz CT molecular complexity index is 355. The summed E-state index contributed by atoms with van der Waals surface area (Å²) in [7, 11) is 0. The molecule has 1 aromatic rings. The van der Waals surface area contributed by atoms with Gasteiger partial charge >= 0.3 is 0 Å². The van der Waals surface area contributed by atoms with Crippen molar-refractivity contribution >= 4 is 0 Å². The van der Waals surface area contributed by atoms with Crippen molar-refractivity contribution in [3.63, 3.8) is 0 Å². The zero-order chi connectivity index (χ0) is 11.5. The van der Waals surface area contributed by atoms with E-state index < -0.39 is 0 Å². The summed E-state index contributed by atoms with van der Waals surface area (Å²) in [5, 5.41) is 11.8. The minimum absolute atomic E-state index is 0.615. The molecule has 1 aromatic heterocycles. The van der Waals surface area contributed by atoms with Crippen LogP contribution in [0.2, 0.25) is 0 Å². The molecule has 0 bridgehead atoms. The molecule has 0 radical (unpaired) electrons. The van der Waals surface area contributed by atoms with Crippen LogP contribution < -0.4 is 5.32 Å². The lowest BCUT2D eigenvalue weighted by atomic mass is 10.1. The first kappa shape index (κ1) is 11.2. The van der Waals surface area contributed by atoms with Crippen molar-refractivity contribution < 1.29 is 4.74 Å². The molecule has 1 N–H and O–H groups in total. The standard InChI is InChI=1S/C12H20N4O/c1-2-10(1)5-13-6-12-8-16(15-14-12)7-11-3-4-17-9-11/h8,10-11,13H,1-7,9H2/t11-/m1/s1. The molecule has 2 heterocycles. The van der Waals surface area contributed by atoms with Crippen molar-refractivity contribution in [1.29, 1.82) is 0 Å². The molecule has 0 aromatic carbocycles. The number of nitrogens with zero attached hydrogens (tertiary/aromatic N) is 3. The summed E-state index contributed by atoms with van der Waals surface area (Å²) in [5.41, 5.74) is 1.05. The second-order valence-corrected chi connectivity index (χ2v) is 5.24. The Labute approximate surface area is 102 Å². The molecule has 1 aliphatic carbocycles. The maximum Gasteiger partial charge on any atom is 0.0964 e. The lowest BCUT2D eigenvalue weighted by molar-refractivity contribution is 0.181. The first-order valence-electron chi connectivity index (χ1n) is 6.57. The monoisotopic (exact) mass is 236 g/mol. The molecule has 0 amide bonds. The van der Waals surface area contributed by atoms with Crippen LogP contribution in [0.3, 0.4) is 0 Å². The molecule has 0 unspecified atom stereocenters. The molecule has 0 spiro atoms. The van der Waals surface area contributed by atoms with E-state index in [9.17, 15) is 0 Å². The van der Waals surface area contributed by atoms with E-state index >= 15 is 0 Å². The van der Waals surface area contributed by atoms with Crippen molar-refractivity contribution in [1.82, 2.24) is 20.3 Å². The summed E-state index contributed by atoms with van der Waals surface area (Å²) in [6.45, 7) is 4.68. The van der Waals surface area contributed by atoms with Crippen molar-refractivity contribution in [2.75, 3.05) is 19.8 Å². The van der Waals surface area contributed by atoms with Crippen LogP contribution in [0.4, 0.5) is 0 Å². The zero-order valence-electron chi connectivity index (χ0n) is 10.1. The zero-order valence-corrected chi connectivity index (χ0v) is 10.1. The highest BCUT2D eigenvalue weighted by atomic mass is 16.5. The molecule has 17 heavy (non-hydrogen) atoms. The highest BCUT2D eigenvalue weighted by Crippen LogP contribution is 2.27. The molecule has 2 aliphatic rings. The summed E-state index contributed by atoms with van der Waals surface area (Å²) < 4.78 is 7.31. The Hall–Kier alpha value is -0.940. The molecule has 2 fully saturated rings.